The first-order valence-electron chi connectivity index (χ1n) is 7.30. The zero-order chi connectivity index (χ0) is 15.1. The fraction of sp³-hybridized carbons (Fsp3) is 0.643. The summed E-state index contributed by atoms with van der Waals surface area (Å²) in [5.41, 5.74) is 1.38. The molecule has 3 heterocycles. The minimum atomic E-state index is 0.0321. The highest BCUT2D eigenvalue weighted by Gasteiger charge is 2.19. The normalized spacial score (nSPS) is 18.3. The van der Waals surface area contributed by atoms with Gasteiger partial charge in [0.2, 0.25) is 0 Å². The highest BCUT2D eigenvalue weighted by atomic mass is 35.5. The molecule has 0 amide bonds. The third-order valence-electron chi connectivity index (χ3n) is 3.19. The highest BCUT2D eigenvalue weighted by Crippen LogP contribution is 2.26. The van der Waals surface area contributed by atoms with Crippen LogP contribution in [0.25, 0.3) is 11.2 Å². The third-order valence-corrected chi connectivity index (χ3v) is 3.46. The van der Waals surface area contributed by atoms with E-state index >= 15 is 0 Å². The zero-order valence-corrected chi connectivity index (χ0v) is 13.2. The van der Waals surface area contributed by atoms with E-state index in [4.69, 9.17) is 21.1 Å². The molecule has 2 aromatic heterocycles. The van der Waals surface area contributed by atoms with E-state index < -0.39 is 0 Å². The fourth-order valence-corrected chi connectivity index (χ4v) is 2.36. The number of ether oxygens (including phenoxy) is 2. The second kappa shape index (κ2) is 8.26. The van der Waals surface area contributed by atoms with Crippen LogP contribution in [0.2, 0.25) is 5.15 Å². The van der Waals surface area contributed by atoms with Crippen molar-refractivity contribution in [3.63, 3.8) is 0 Å². The van der Waals surface area contributed by atoms with Crippen LogP contribution in [0.1, 0.15) is 39.3 Å². The topological polar surface area (TPSA) is 62.1 Å². The van der Waals surface area contributed by atoms with E-state index in [1.54, 1.807) is 6.33 Å². The van der Waals surface area contributed by atoms with Crippen LogP contribution in [0, 0.1) is 0 Å². The van der Waals surface area contributed by atoms with E-state index in [9.17, 15) is 0 Å². The minimum Gasteiger partial charge on any atom is -0.382 e. The average molecular weight is 313 g/mol. The maximum Gasteiger partial charge on any atom is 0.166 e. The van der Waals surface area contributed by atoms with Crippen molar-refractivity contribution in [1.29, 1.82) is 0 Å². The van der Waals surface area contributed by atoms with Crippen molar-refractivity contribution >= 4 is 22.8 Å². The quantitative estimate of drug-likeness (QED) is 0.814. The Balaban J connectivity index is 0.000000282. The molecule has 0 spiro atoms. The lowest BCUT2D eigenvalue weighted by atomic mass is 10.2. The van der Waals surface area contributed by atoms with Gasteiger partial charge in [-0.2, -0.15) is 0 Å². The lowest BCUT2D eigenvalue weighted by molar-refractivity contribution is -0.0298. The first-order chi connectivity index (χ1) is 10.3. The Hall–Kier alpha value is -1.24. The summed E-state index contributed by atoms with van der Waals surface area (Å²) < 4.78 is 12.5. The van der Waals surface area contributed by atoms with Crippen LogP contribution in [0.4, 0.5) is 0 Å². The molecule has 0 bridgehead atoms. The lowest BCUT2D eigenvalue weighted by Gasteiger charge is -2.23. The Kier molecular flexibility index (Phi) is 6.35. The Morgan fingerprint density at radius 1 is 1.29 bits per heavy atom. The Bertz CT molecular complexity index is 553. The number of imidazole rings is 1. The van der Waals surface area contributed by atoms with Gasteiger partial charge in [-0.3, -0.25) is 4.57 Å². The monoisotopic (exact) mass is 312 g/mol. The second-order valence-electron chi connectivity index (χ2n) is 4.59. The van der Waals surface area contributed by atoms with Crippen molar-refractivity contribution in [2.75, 3.05) is 19.8 Å². The van der Waals surface area contributed by atoms with Crippen LogP contribution < -0.4 is 0 Å². The number of fused-ring (bicyclic) bond motifs is 1. The molecule has 0 aliphatic carbocycles. The van der Waals surface area contributed by atoms with Crippen molar-refractivity contribution in [3.05, 3.63) is 17.8 Å². The van der Waals surface area contributed by atoms with Gasteiger partial charge in [0.1, 0.15) is 18.1 Å². The number of hydrogen-bond acceptors (Lipinski definition) is 5. The molecule has 1 aliphatic heterocycles. The molecule has 0 N–H and O–H groups in total. The molecule has 1 atom stereocenters. The highest BCUT2D eigenvalue weighted by molar-refractivity contribution is 6.33. The lowest BCUT2D eigenvalue weighted by Crippen LogP contribution is -2.17. The van der Waals surface area contributed by atoms with Crippen molar-refractivity contribution in [2.45, 2.75) is 39.3 Å². The molecule has 1 fully saturated rings. The van der Waals surface area contributed by atoms with E-state index in [1.165, 1.54) is 12.7 Å². The minimum absolute atomic E-state index is 0.0321. The van der Waals surface area contributed by atoms with Crippen molar-refractivity contribution < 1.29 is 9.47 Å². The molecule has 3 rings (SSSR count). The van der Waals surface area contributed by atoms with Crippen LogP contribution in [0.3, 0.4) is 0 Å². The first-order valence-corrected chi connectivity index (χ1v) is 7.68. The maximum atomic E-state index is 5.94. The Morgan fingerprint density at radius 3 is 2.71 bits per heavy atom. The summed E-state index contributed by atoms with van der Waals surface area (Å²) in [6.07, 6.45) is 6.49. The number of hydrogen-bond donors (Lipinski definition) is 0. The molecule has 0 saturated carbocycles. The van der Waals surface area contributed by atoms with Crippen LogP contribution in [-0.4, -0.2) is 39.3 Å². The summed E-state index contributed by atoms with van der Waals surface area (Å²) in [5, 5.41) is 0.388. The summed E-state index contributed by atoms with van der Waals surface area (Å²) in [4.78, 5) is 12.3. The number of nitrogens with zero attached hydrogens (tertiary/aromatic N) is 4. The first kappa shape index (κ1) is 16.1. The average Bonchev–Trinajstić information content (AvgIpc) is 2.95. The summed E-state index contributed by atoms with van der Waals surface area (Å²) >= 11 is 5.94. The molecule has 1 aliphatic rings. The molecule has 7 heteroatoms. The molecule has 2 aromatic rings. The third kappa shape index (κ3) is 4.12. The number of rotatable bonds is 3. The van der Waals surface area contributed by atoms with Gasteiger partial charge in [-0.15, -0.1) is 0 Å². The summed E-state index contributed by atoms with van der Waals surface area (Å²) in [7, 11) is 0. The van der Waals surface area contributed by atoms with Gasteiger partial charge in [0.05, 0.1) is 6.33 Å². The van der Waals surface area contributed by atoms with Crippen LogP contribution in [0.15, 0.2) is 12.7 Å². The summed E-state index contributed by atoms with van der Waals surface area (Å²) in [5.74, 6) is 0. The second-order valence-corrected chi connectivity index (χ2v) is 4.95. The maximum absolute atomic E-state index is 5.94. The van der Waals surface area contributed by atoms with E-state index in [0.717, 1.165) is 38.3 Å². The molecule has 0 aromatic carbocycles. The van der Waals surface area contributed by atoms with Crippen molar-refractivity contribution in [3.8, 4) is 0 Å². The van der Waals surface area contributed by atoms with E-state index in [1.807, 2.05) is 18.4 Å². The smallest absolute Gasteiger partial charge is 0.166 e. The molecule has 0 radical (unpaired) electrons. The number of halogens is 1. The van der Waals surface area contributed by atoms with Gasteiger partial charge in [-0.05, 0) is 33.1 Å². The van der Waals surface area contributed by atoms with E-state index in [-0.39, 0.29) is 6.23 Å². The van der Waals surface area contributed by atoms with Gasteiger partial charge in [0.25, 0.3) is 0 Å². The van der Waals surface area contributed by atoms with Crippen LogP contribution in [0.5, 0.6) is 0 Å². The molecule has 6 nitrogen and oxygen atoms in total. The standard InChI is InChI=1S/C10H11ClN4O.C4H10O/c11-9-8-10(13-5-12-9)15(6-14-8)7-3-1-2-4-16-7;1-3-5-4-2/h5-7H,1-4H2;3-4H2,1-2H3. The predicted molar refractivity (Wildman–Crippen MR) is 81.3 cm³/mol. The SMILES string of the molecule is CCOCC.Clc1ncnc2c1ncn2C1CCCCO1. The fourth-order valence-electron chi connectivity index (χ4n) is 2.18. The van der Waals surface area contributed by atoms with Gasteiger partial charge in [0, 0.05) is 19.8 Å². The largest absolute Gasteiger partial charge is 0.382 e. The van der Waals surface area contributed by atoms with Crippen LogP contribution in [-0.2, 0) is 9.47 Å². The molecule has 21 heavy (non-hydrogen) atoms. The van der Waals surface area contributed by atoms with Crippen LogP contribution >= 0.6 is 11.6 Å². The van der Waals surface area contributed by atoms with Crippen molar-refractivity contribution in [1.82, 2.24) is 19.5 Å². The zero-order valence-electron chi connectivity index (χ0n) is 12.5. The van der Waals surface area contributed by atoms with E-state index in [0.29, 0.717) is 10.7 Å². The Labute approximate surface area is 129 Å². The molecular weight excluding hydrogens is 292 g/mol. The van der Waals surface area contributed by atoms with Gasteiger partial charge >= 0.3 is 0 Å². The van der Waals surface area contributed by atoms with E-state index in [2.05, 4.69) is 15.0 Å². The van der Waals surface area contributed by atoms with Gasteiger partial charge in [-0.1, -0.05) is 11.6 Å². The number of aromatic nitrogens is 4. The molecule has 1 unspecified atom stereocenters. The molecular formula is C14H21ClN4O2. The molecule has 116 valence electrons. The summed E-state index contributed by atoms with van der Waals surface area (Å²) in [6, 6.07) is 0. The molecule has 1 saturated heterocycles. The van der Waals surface area contributed by atoms with Gasteiger partial charge in [0.15, 0.2) is 10.8 Å². The van der Waals surface area contributed by atoms with Crippen molar-refractivity contribution in [2.24, 2.45) is 0 Å². The predicted octanol–water partition coefficient (Wildman–Crippen LogP) is 3.22. The Morgan fingerprint density at radius 2 is 2.10 bits per heavy atom. The van der Waals surface area contributed by atoms with Gasteiger partial charge in [-0.25, -0.2) is 15.0 Å². The summed E-state index contributed by atoms with van der Waals surface area (Å²) in [6.45, 7) is 6.46. The van der Waals surface area contributed by atoms with Gasteiger partial charge < -0.3 is 9.47 Å².